The van der Waals surface area contributed by atoms with Crippen molar-refractivity contribution in [3.8, 4) is 0 Å². The standard InChI is InChI=1S/C22H22N4O4S/c23-18(28)17-13-6-2-4-8-15(13)31-19(17)24-16(27)11-26-20(29)22(25-21(26)30)10-9-12-5-1-3-7-14(12)22/h1,3,5,7H,2,4,6,8-11H2,(H2,23,28)(H,24,27)(H,25,30). The number of thiophene rings is 1. The average Bonchev–Trinajstić information content (AvgIpc) is 3.37. The second-order valence-electron chi connectivity index (χ2n) is 8.21. The van der Waals surface area contributed by atoms with Crippen LogP contribution in [-0.4, -0.2) is 35.2 Å². The van der Waals surface area contributed by atoms with Crippen molar-refractivity contribution in [2.45, 2.75) is 44.1 Å². The predicted molar refractivity (Wildman–Crippen MR) is 115 cm³/mol. The number of amides is 5. The summed E-state index contributed by atoms with van der Waals surface area (Å²) in [5, 5.41) is 5.93. The van der Waals surface area contributed by atoms with Crippen molar-refractivity contribution in [1.29, 1.82) is 0 Å². The Balaban J connectivity index is 1.36. The summed E-state index contributed by atoms with van der Waals surface area (Å²) in [7, 11) is 0. The monoisotopic (exact) mass is 438 g/mol. The zero-order valence-corrected chi connectivity index (χ0v) is 17.6. The van der Waals surface area contributed by atoms with Gasteiger partial charge in [0, 0.05) is 4.88 Å². The molecule has 4 N–H and O–H groups in total. The van der Waals surface area contributed by atoms with Crippen LogP contribution >= 0.6 is 11.3 Å². The number of hydrogen-bond donors (Lipinski definition) is 3. The summed E-state index contributed by atoms with van der Waals surface area (Å²) in [4.78, 5) is 52.6. The maximum Gasteiger partial charge on any atom is 0.325 e. The quantitative estimate of drug-likeness (QED) is 0.633. The minimum atomic E-state index is -1.10. The molecule has 1 spiro atoms. The summed E-state index contributed by atoms with van der Waals surface area (Å²) in [5.41, 5.74) is 7.56. The lowest BCUT2D eigenvalue weighted by Crippen LogP contribution is -2.43. The molecule has 2 aromatic rings. The molecule has 8 nitrogen and oxygen atoms in total. The molecular weight excluding hydrogens is 416 g/mol. The smallest absolute Gasteiger partial charge is 0.325 e. The summed E-state index contributed by atoms with van der Waals surface area (Å²) in [5.74, 6) is -1.53. The van der Waals surface area contributed by atoms with Gasteiger partial charge in [0.1, 0.15) is 17.1 Å². The maximum absolute atomic E-state index is 13.2. The third kappa shape index (κ3) is 3.03. The summed E-state index contributed by atoms with van der Waals surface area (Å²) in [6.45, 7) is -0.421. The number of carbonyl (C=O) groups excluding carboxylic acids is 4. The Labute approximate surface area is 182 Å². The number of urea groups is 1. The first-order valence-electron chi connectivity index (χ1n) is 10.4. The van der Waals surface area contributed by atoms with Crippen molar-refractivity contribution in [3.63, 3.8) is 0 Å². The number of fused-ring (bicyclic) bond motifs is 3. The van der Waals surface area contributed by atoms with E-state index in [4.69, 9.17) is 5.73 Å². The first-order valence-corrected chi connectivity index (χ1v) is 11.2. The average molecular weight is 439 g/mol. The fraction of sp³-hybridized carbons (Fsp3) is 0.364. The van der Waals surface area contributed by atoms with Crippen molar-refractivity contribution in [1.82, 2.24) is 10.2 Å². The molecule has 0 bridgehead atoms. The Morgan fingerprint density at radius 1 is 1.16 bits per heavy atom. The molecule has 5 rings (SSSR count). The zero-order chi connectivity index (χ0) is 21.8. The van der Waals surface area contributed by atoms with E-state index in [-0.39, 0.29) is 0 Å². The molecule has 160 valence electrons. The summed E-state index contributed by atoms with van der Waals surface area (Å²) >= 11 is 1.35. The van der Waals surface area contributed by atoms with E-state index in [2.05, 4.69) is 10.6 Å². The van der Waals surface area contributed by atoms with E-state index < -0.39 is 35.8 Å². The highest BCUT2D eigenvalue weighted by molar-refractivity contribution is 7.17. The van der Waals surface area contributed by atoms with Crippen LogP contribution in [0.3, 0.4) is 0 Å². The molecule has 1 unspecified atom stereocenters. The lowest BCUT2D eigenvalue weighted by atomic mass is 9.92. The number of carbonyl (C=O) groups is 4. The Morgan fingerprint density at radius 3 is 2.74 bits per heavy atom. The van der Waals surface area contributed by atoms with Crippen molar-refractivity contribution >= 4 is 40.1 Å². The minimum absolute atomic E-state index is 0.353. The predicted octanol–water partition coefficient (Wildman–Crippen LogP) is 2.06. The van der Waals surface area contributed by atoms with Crippen LogP contribution in [0, 0.1) is 0 Å². The molecule has 1 atom stereocenters. The van der Waals surface area contributed by atoms with E-state index in [9.17, 15) is 19.2 Å². The number of hydrogen-bond acceptors (Lipinski definition) is 5. The molecule has 0 saturated carbocycles. The molecule has 9 heteroatoms. The summed E-state index contributed by atoms with van der Waals surface area (Å²) in [6.07, 6.45) is 4.78. The van der Waals surface area contributed by atoms with Crippen LogP contribution in [0.5, 0.6) is 0 Å². The number of benzene rings is 1. The molecule has 31 heavy (non-hydrogen) atoms. The molecule has 5 amide bonds. The van der Waals surface area contributed by atoms with Gasteiger partial charge in [-0.25, -0.2) is 4.79 Å². The summed E-state index contributed by atoms with van der Waals surface area (Å²) in [6, 6.07) is 6.95. The van der Waals surface area contributed by atoms with Crippen LogP contribution in [0.1, 0.15) is 51.2 Å². The van der Waals surface area contributed by atoms with E-state index in [1.807, 2.05) is 24.3 Å². The lowest BCUT2D eigenvalue weighted by Gasteiger charge is -2.22. The molecule has 1 fully saturated rings. The number of nitrogens with zero attached hydrogens (tertiary/aromatic N) is 1. The Bertz CT molecular complexity index is 1140. The maximum atomic E-state index is 13.2. The largest absolute Gasteiger partial charge is 0.365 e. The van der Waals surface area contributed by atoms with Gasteiger partial charge in [0.25, 0.3) is 11.8 Å². The lowest BCUT2D eigenvalue weighted by molar-refractivity contribution is -0.134. The van der Waals surface area contributed by atoms with Gasteiger partial charge in [0.15, 0.2) is 0 Å². The normalized spacial score (nSPS) is 21.7. The number of nitrogens with two attached hydrogens (primary N) is 1. The molecular formula is C22H22N4O4S. The van der Waals surface area contributed by atoms with Gasteiger partial charge >= 0.3 is 6.03 Å². The van der Waals surface area contributed by atoms with Gasteiger partial charge in [-0.1, -0.05) is 24.3 Å². The number of imide groups is 1. The van der Waals surface area contributed by atoms with Gasteiger partial charge in [-0.2, -0.15) is 0 Å². The van der Waals surface area contributed by atoms with Crippen LogP contribution in [0.25, 0.3) is 0 Å². The first-order chi connectivity index (χ1) is 14.9. The number of primary amides is 1. The number of aryl methyl sites for hydroxylation is 2. The van der Waals surface area contributed by atoms with Crippen LogP contribution in [0.2, 0.25) is 0 Å². The van der Waals surface area contributed by atoms with Gasteiger partial charge in [-0.05, 0) is 55.2 Å². The van der Waals surface area contributed by atoms with Gasteiger partial charge in [0.2, 0.25) is 5.91 Å². The van der Waals surface area contributed by atoms with Gasteiger partial charge in [0.05, 0.1) is 5.56 Å². The van der Waals surface area contributed by atoms with Gasteiger partial charge in [-0.15, -0.1) is 11.3 Å². The van der Waals surface area contributed by atoms with Crippen LogP contribution in [-0.2, 0) is 34.4 Å². The second kappa shape index (κ2) is 7.19. The third-order valence-electron chi connectivity index (χ3n) is 6.39. The fourth-order valence-corrected chi connectivity index (χ4v) is 6.27. The highest BCUT2D eigenvalue weighted by Crippen LogP contribution is 2.41. The topological polar surface area (TPSA) is 122 Å². The Morgan fingerprint density at radius 2 is 1.94 bits per heavy atom. The van der Waals surface area contributed by atoms with Crippen molar-refractivity contribution in [2.75, 3.05) is 11.9 Å². The van der Waals surface area contributed by atoms with E-state index in [1.54, 1.807) is 0 Å². The summed E-state index contributed by atoms with van der Waals surface area (Å²) < 4.78 is 0. The Hall–Kier alpha value is -3.20. The first kappa shape index (κ1) is 19.7. The Kier molecular flexibility index (Phi) is 4.58. The van der Waals surface area contributed by atoms with Crippen molar-refractivity contribution in [3.05, 3.63) is 51.4 Å². The molecule has 0 radical (unpaired) electrons. The third-order valence-corrected chi connectivity index (χ3v) is 7.60. The van der Waals surface area contributed by atoms with Crippen LogP contribution in [0.15, 0.2) is 24.3 Å². The van der Waals surface area contributed by atoms with E-state index in [0.717, 1.165) is 52.2 Å². The zero-order valence-electron chi connectivity index (χ0n) is 16.8. The number of rotatable bonds is 4. The number of anilines is 1. The minimum Gasteiger partial charge on any atom is -0.365 e. The molecule has 1 aromatic carbocycles. The van der Waals surface area contributed by atoms with Gasteiger partial charge in [-0.3, -0.25) is 19.3 Å². The SMILES string of the molecule is NC(=O)c1c(NC(=O)CN2C(=O)NC3(CCc4ccccc43)C2=O)sc2c1CCCC2. The molecule has 2 heterocycles. The molecule has 3 aliphatic rings. The number of nitrogens with one attached hydrogen (secondary N) is 2. The molecule has 1 aliphatic heterocycles. The molecule has 1 saturated heterocycles. The van der Waals surface area contributed by atoms with E-state index in [1.165, 1.54) is 11.3 Å². The van der Waals surface area contributed by atoms with Crippen LogP contribution in [0.4, 0.5) is 9.80 Å². The highest BCUT2D eigenvalue weighted by atomic mass is 32.1. The molecule has 1 aromatic heterocycles. The second-order valence-corrected chi connectivity index (χ2v) is 9.32. The van der Waals surface area contributed by atoms with E-state index in [0.29, 0.717) is 23.4 Å². The van der Waals surface area contributed by atoms with E-state index >= 15 is 0 Å². The van der Waals surface area contributed by atoms with Crippen molar-refractivity contribution < 1.29 is 19.2 Å². The van der Waals surface area contributed by atoms with Crippen molar-refractivity contribution in [2.24, 2.45) is 5.73 Å². The van der Waals surface area contributed by atoms with Gasteiger partial charge < -0.3 is 16.4 Å². The highest BCUT2D eigenvalue weighted by Gasteiger charge is 2.55. The fourth-order valence-electron chi connectivity index (χ4n) is 4.96. The molecule has 2 aliphatic carbocycles. The van der Waals surface area contributed by atoms with Crippen LogP contribution < -0.4 is 16.4 Å².